The number of hydrogen-bond donors (Lipinski definition) is 2. The van der Waals surface area contributed by atoms with Crippen LogP contribution < -0.4 is 4.72 Å². The van der Waals surface area contributed by atoms with Gasteiger partial charge in [-0.3, -0.25) is 4.79 Å². The van der Waals surface area contributed by atoms with Crippen molar-refractivity contribution in [1.82, 2.24) is 4.72 Å². The molecule has 0 saturated carbocycles. The van der Waals surface area contributed by atoms with Crippen LogP contribution in [0.15, 0.2) is 23.1 Å². The Labute approximate surface area is 120 Å². The summed E-state index contributed by atoms with van der Waals surface area (Å²) in [6, 6.07) is 3.70. The maximum atomic E-state index is 13.7. The fraction of sp³-hybridized carbons (Fsp3) is 0.417. The van der Waals surface area contributed by atoms with Gasteiger partial charge in [-0.15, -0.1) is 0 Å². The topological polar surface area (TPSA) is 83.5 Å². The van der Waals surface area contributed by atoms with E-state index in [1.165, 1.54) is 23.9 Å². The first-order valence-corrected chi connectivity index (χ1v) is 8.52. The summed E-state index contributed by atoms with van der Waals surface area (Å²) < 4.78 is 40.4. The molecule has 0 aliphatic carbocycles. The van der Waals surface area contributed by atoms with Gasteiger partial charge in [-0.1, -0.05) is 6.07 Å². The lowest BCUT2D eigenvalue weighted by atomic mass is 10.0. The molecule has 5 nitrogen and oxygen atoms in total. The zero-order valence-electron chi connectivity index (χ0n) is 10.7. The zero-order valence-corrected chi connectivity index (χ0v) is 12.4. The quantitative estimate of drug-likeness (QED) is 0.876. The van der Waals surface area contributed by atoms with E-state index in [9.17, 15) is 22.7 Å². The van der Waals surface area contributed by atoms with Crippen molar-refractivity contribution in [3.63, 3.8) is 0 Å². The van der Waals surface area contributed by atoms with Crippen molar-refractivity contribution < 1.29 is 22.7 Å². The zero-order chi connectivity index (χ0) is 15.0. The average Bonchev–Trinajstić information content (AvgIpc) is 2.81. The van der Waals surface area contributed by atoms with E-state index in [-0.39, 0.29) is 12.2 Å². The number of rotatable bonds is 4. The van der Waals surface area contributed by atoms with Crippen molar-refractivity contribution in [2.75, 3.05) is 11.5 Å². The number of nitrogens with one attached hydrogen (secondary N) is 1. The average molecular weight is 319 g/mol. The largest absolute Gasteiger partial charge is 0.480 e. The lowest BCUT2D eigenvalue weighted by molar-refractivity contribution is -0.142. The Balaban J connectivity index is 2.40. The standard InChI is InChI=1S/C12H14FNO4S2/c1-8-2-3-9(13)10(6-8)20(17,18)14-12(11(15)16)4-5-19-7-12/h2-3,6,14H,4-5,7H2,1H3,(H,15,16). The van der Waals surface area contributed by atoms with Crippen LogP contribution in [-0.4, -0.2) is 36.5 Å². The van der Waals surface area contributed by atoms with Gasteiger partial charge in [-0.05, 0) is 36.8 Å². The lowest BCUT2D eigenvalue weighted by Crippen LogP contribution is -2.54. The third-order valence-electron chi connectivity index (χ3n) is 3.14. The van der Waals surface area contributed by atoms with E-state index in [2.05, 4.69) is 4.72 Å². The van der Waals surface area contributed by atoms with Crippen molar-refractivity contribution in [3.8, 4) is 0 Å². The van der Waals surface area contributed by atoms with Gasteiger partial charge in [0.25, 0.3) is 0 Å². The maximum Gasteiger partial charge on any atom is 0.325 e. The first-order valence-electron chi connectivity index (χ1n) is 5.88. The minimum absolute atomic E-state index is 0.134. The van der Waals surface area contributed by atoms with E-state index in [4.69, 9.17) is 0 Å². The fourth-order valence-electron chi connectivity index (χ4n) is 1.99. The molecule has 1 aromatic rings. The molecule has 1 saturated heterocycles. The summed E-state index contributed by atoms with van der Waals surface area (Å²) in [4.78, 5) is 10.8. The number of hydrogen-bond acceptors (Lipinski definition) is 4. The second kappa shape index (κ2) is 5.34. The smallest absolute Gasteiger partial charge is 0.325 e. The molecule has 1 fully saturated rings. The van der Waals surface area contributed by atoms with Crippen molar-refractivity contribution in [1.29, 1.82) is 0 Å². The first kappa shape index (κ1) is 15.3. The molecule has 0 bridgehead atoms. The molecule has 0 aromatic heterocycles. The van der Waals surface area contributed by atoms with E-state index < -0.39 is 32.2 Å². The number of sulfonamides is 1. The van der Waals surface area contributed by atoms with Gasteiger partial charge in [0, 0.05) is 5.75 Å². The summed E-state index contributed by atoms with van der Waals surface area (Å²) in [5.74, 6) is -1.45. The van der Waals surface area contributed by atoms with Crippen LogP contribution in [0, 0.1) is 12.7 Å². The number of carboxylic acid groups (broad SMARTS) is 1. The Morgan fingerprint density at radius 2 is 2.20 bits per heavy atom. The summed E-state index contributed by atoms with van der Waals surface area (Å²) in [7, 11) is -4.22. The van der Waals surface area contributed by atoms with Crippen molar-refractivity contribution in [3.05, 3.63) is 29.6 Å². The fourth-order valence-corrected chi connectivity index (χ4v) is 4.96. The third-order valence-corrected chi connectivity index (χ3v) is 5.88. The van der Waals surface area contributed by atoms with Gasteiger partial charge in [-0.25, -0.2) is 12.8 Å². The molecule has 8 heteroatoms. The van der Waals surface area contributed by atoms with Gasteiger partial charge < -0.3 is 5.11 Å². The predicted octanol–water partition coefficient (Wildman–Crippen LogP) is 1.37. The van der Waals surface area contributed by atoms with Gasteiger partial charge in [0.05, 0.1) is 0 Å². The summed E-state index contributed by atoms with van der Waals surface area (Å²) in [6.45, 7) is 1.64. The van der Waals surface area contributed by atoms with E-state index in [0.29, 0.717) is 11.3 Å². The van der Waals surface area contributed by atoms with Crippen LogP contribution in [-0.2, 0) is 14.8 Å². The number of thioether (sulfide) groups is 1. The van der Waals surface area contributed by atoms with E-state index in [1.807, 2.05) is 0 Å². The maximum absolute atomic E-state index is 13.7. The highest BCUT2D eigenvalue weighted by Gasteiger charge is 2.45. The van der Waals surface area contributed by atoms with E-state index in [1.54, 1.807) is 6.92 Å². The van der Waals surface area contributed by atoms with Crippen LogP contribution in [0.25, 0.3) is 0 Å². The normalized spacial score (nSPS) is 22.9. The molecule has 2 rings (SSSR count). The Morgan fingerprint density at radius 1 is 1.50 bits per heavy atom. The number of halogens is 1. The van der Waals surface area contributed by atoms with Crippen LogP contribution in [0.1, 0.15) is 12.0 Å². The summed E-state index contributed by atoms with van der Waals surface area (Å²) in [5.41, 5.74) is -0.975. The SMILES string of the molecule is Cc1ccc(F)c(S(=O)(=O)NC2(C(=O)O)CCSC2)c1. The number of carboxylic acids is 1. The Morgan fingerprint density at radius 3 is 2.75 bits per heavy atom. The molecule has 0 spiro atoms. The molecule has 0 radical (unpaired) electrons. The van der Waals surface area contributed by atoms with Crippen molar-refractivity contribution in [2.45, 2.75) is 23.8 Å². The molecular formula is C12H14FNO4S2. The number of benzene rings is 1. The lowest BCUT2D eigenvalue weighted by Gasteiger charge is -2.24. The molecule has 1 atom stereocenters. The van der Waals surface area contributed by atoms with Gasteiger partial charge in [0.1, 0.15) is 16.3 Å². The molecule has 2 N–H and O–H groups in total. The molecule has 1 aromatic carbocycles. The first-order chi connectivity index (χ1) is 9.27. The molecule has 1 unspecified atom stereocenters. The molecule has 110 valence electrons. The minimum atomic E-state index is -4.22. The summed E-state index contributed by atoms with van der Waals surface area (Å²) >= 11 is 1.35. The Kier molecular flexibility index (Phi) is 4.08. The molecular weight excluding hydrogens is 305 g/mol. The van der Waals surface area contributed by atoms with Gasteiger partial charge in [0.2, 0.25) is 10.0 Å². The van der Waals surface area contributed by atoms with Crippen molar-refractivity contribution in [2.24, 2.45) is 0 Å². The molecule has 1 aliphatic rings. The summed E-state index contributed by atoms with van der Waals surface area (Å²) in [5, 5.41) is 9.26. The Bertz CT molecular complexity index is 639. The number of aliphatic carboxylic acids is 1. The highest BCUT2D eigenvalue weighted by atomic mass is 32.2. The van der Waals surface area contributed by atoms with Crippen LogP contribution in [0.2, 0.25) is 0 Å². The number of carbonyl (C=O) groups is 1. The molecule has 1 aliphatic heterocycles. The van der Waals surface area contributed by atoms with Crippen LogP contribution in [0.5, 0.6) is 0 Å². The highest BCUT2D eigenvalue weighted by molar-refractivity contribution is 7.99. The van der Waals surface area contributed by atoms with Crippen LogP contribution >= 0.6 is 11.8 Å². The van der Waals surface area contributed by atoms with Crippen LogP contribution in [0.4, 0.5) is 4.39 Å². The van der Waals surface area contributed by atoms with Crippen LogP contribution in [0.3, 0.4) is 0 Å². The molecule has 1 heterocycles. The summed E-state index contributed by atoms with van der Waals surface area (Å²) in [6.07, 6.45) is 0.180. The Hall–Kier alpha value is -1.12. The van der Waals surface area contributed by atoms with Gasteiger partial charge in [0.15, 0.2) is 0 Å². The third kappa shape index (κ3) is 2.82. The molecule has 0 amide bonds. The van der Waals surface area contributed by atoms with Gasteiger partial charge >= 0.3 is 5.97 Å². The van der Waals surface area contributed by atoms with E-state index >= 15 is 0 Å². The van der Waals surface area contributed by atoms with Gasteiger partial charge in [-0.2, -0.15) is 16.5 Å². The second-order valence-corrected chi connectivity index (χ2v) is 7.49. The second-order valence-electron chi connectivity index (χ2n) is 4.73. The molecule has 20 heavy (non-hydrogen) atoms. The number of aryl methyl sites for hydroxylation is 1. The predicted molar refractivity (Wildman–Crippen MR) is 73.8 cm³/mol. The minimum Gasteiger partial charge on any atom is -0.480 e. The van der Waals surface area contributed by atoms with E-state index in [0.717, 1.165) is 6.07 Å². The highest BCUT2D eigenvalue weighted by Crippen LogP contribution is 2.30. The monoisotopic (exact) mass is 319 g/mol. The van der Waals surface area contributed by atoms with Crippen molar-refractivity contribution >= 4 is 27.8 Å².